The summed E-state index contributed by atoms with van der Waals surface area (Å²) in [6.45, 7) is 6.27. The van der Waals surface area contributed by atoms with E-state index in [9.17, 15) is 4.79 Å². The van der Waals surface area contributed by atoms with Crippen LogP contribution in [0.15, 0.2) is 11.4 Å². The van der Waals surface area contributed by atoms with Crippen molar-refractivity contribution in [2.24, 2.45) is 0 Å². The van der Waals surface area contributed by atoms with Crippen molar-refractivity contribution in [2.45, 2.75) is 38.8 Å². The van der Waals surface area contributed by atoms with Crippen LogP contribution in [0.1, 0.15) is 31.2 Å². The number of hydrogen-bond donors (Lipinski definition) is 1. The Morgan fingerprint density at radius 1 is 1.75 bits per heavy atom. The molecule has 0 unspecified atom stereocenters. The number of rotatable bonds is 2. The number of fused-ring (bicyclic) bond motifs is 1. The first-order chi connectivity index (χ1) is 7.58. The molecule has 2 rings (SSSR count). The monoisotopic (exact) mass is 239 g/mol. The van der Waals surface area contributed by atoms with Crippen LogP contribution in [0, 0.1) is 0 Å². The third kappa shape index (κ3) is 1.76. The zero-order chi connectivity index (χ0) is 11.8. The van der Waals surface area contributed by atoms with E-state index < -0.39 is 5.54 Å². The molecule has 1 aliphatic rings. The van der Waals surface area contributed by atoms with Crippen molar-refractivity contribution in [3.8, 4) is 0 Å². The Morgan fingerprint density at radius 3 is 3.19 bits per heavy atom. The molecule has 0 aliphatic carbocycles. The highest BCUT2D eigenvalue weighted by Crippen LogP contribution is 2.35. The van der Waals surface area contributed by atoms with Crippen LogP contribution >= 0.6 is 11.3 Å². The molecule has 1 aromatic rings. The molecule has 0 fully saturated rings. The van der Waals surface area contributed by atoms with Gasteiger partial charge in [-0.05, 0) is 44.2 Å². The molecule has 16 heavy (non-hydrogen) atoms. The first-order valence-corrected chi connectivity index (χ1v) is 6.47. The molecule has 3 nitrogen and oxygen atoms in total. The van der Waals surface area contributed by atoms with Crippen LogP contribution in [0.2, 0.25) is 0 Å². The first-order valence-electron chi connectivity index (χ1n) is 5.59. The molecule has 1 N–H and O–H groups in total. The summed E-state index contributed by atoms with van der Waals surface area (Å²) in [6, 6.07) is 2.41. The Morgan fingerprint density at radius 2 is 2.50 bits per heavy atom. The first kappa shape index (κ1) is 11.6. The van der Waals surface area contributed by atoms with Crippen molar-refractivity contribution in [1.29, 1.82) is 0 Å². The summed E-state index contributed by atoms with van der Waals surface area (Å²) < 4.78 is 5.16. The van der Waals surface area contributed by atoms with Crippen LogP contribution in [-0.2, 0) is 21.5 Å². The second kappa shape index (κ2) is 4.18. The van der Waals surface area contributed by atoms with Crippen LogP contribution < -0.4 is 5.32 Å². The van der Waals surface area contributed by atoms with E-state index >= 15 is 0 Å². The van der Waals surface area contributed by atoms with E-state index in [0.29, 0.717) is 12.6 Å². The highest BCUT2D eigenvalue weighted by molar-refractivity contribution is 7.10. The van der Waals surface area contributed by atoms with Gasteiger partial charge < -0.3 is 4.74 Å². The summed E-state index contributed by atoms with van der Waals surface area (Å²) in [4.78, 5) is 13.1. The minimum Gasteiger partial charge on any atom is -0.464 e. The molecule has 0 saturated carbocycles. The molecule has 2 atom stereocenters. The number of carbonyl (C=O) groups excluding carboxylic acids is 1. The van der Waals surface area contributed by atoms with Gasteiger partial charge in [-0.15, -0.1) is 11.3 Å². The Hall–Kier alpha value is -0.870. The quantitative estimate of drug-likeness (QED) is 0.803. The number of esters is 1. The molecule has 1 aromatic heterocycles. The molecule has 88 valence electrons. The summed E-state index contributed by atoms with van der Waals surface area (Å²) in [6.07, 6.45) is 0.980. The SMILES string of the molecule is CCOC(=O)[C@@]1(C)N[C@@H](C)Cc2ccsc21. The van der Waals surface area contributed by atoms with Gasteiger partial charge in [-0.3, -0.25) is 5.32 Å². The topological polar surface area (TPSA) is 38.3 Å². The smallest absolute Gasteiger partial charge is 0.331 e. The Labute approximate surface area is 99.8 Å². The Kier molecular flexibility index (Phi) is 3.04. The highest BCUT2D eigenvalue weighted by atomic mass is 32.1. The minimum absolute atomic E-state index is 0.176. The van der Waals surface area contributed by atoms with Crippen molar-refractivity contribution in [3.05, 3.63) is 21.9 Å². The molecule has 1 aliphatic heterocycles. The lowest BCUT2D eigenvalue weighted by Crippen LogP contribution is -2.54. The molecular weight excluding hydrogens is 222 g/mol. The van der Waals surface area contributed by atoms with Crippen LogP contribution in [0.3, 0.4) is 0 Å². The van der Waals surface area contributed by atoms with Crippen molar-refractivity contribution in [2.75, 3.05) is 6.61 Å². The van der Waals surface area contributed by atoms with Gasteiger partial charge in [-0.25, -0.2) is 4.79 Å². The van der Waals surface area contributed by atoms with E-state index in [0.717, 1.165) is 11.3 Å². The fourth-order valence-electron chi connectivity index (χ4n) is 2.30. The Bertz CT molecular complexity index is 401. The predicted octanol–water partition coefficient (Wildman–Crippen LogP) is 2.06. The average molecular weight is 239 g/mol. The van der Waals surface area contributed by atoms with E-state index in [1.807, 2.05) is 19.2 Å². The second-order valence-corrected chi connectivity index (χ2v) is 5.29. The van der Waals surface area contributed by atoms with E-state index in [1.54, 1.807) is 11.3 Å². The van der Waals surface area contributed by atoms with Gasteiger partial charge in [0.25, 0.3) is 0 Å². The van der Waals surface area contributed by atoms with Crippen LogP contribution in [0.4, 0.5) is 0 Å². The van der Waals surface area contributed by atoms with E-state index in [1.165, 1.54) is 5.56 Å². The number of hydrogen-bond acceptors (Lipinski definition) is 4. The van der Waals surface area contributed by atoms with Crippen LogP contribution in [-0.4, -0.2) is 18.6 Å². The predicted molar refractivity (Wildman–Crippen MR) is 64.6 cm³/mol. The van der Waals surface area contributed by atoms with Gasteiger partial charge in [0.2, 0.25) is 0 Å². The van der Waals surface area contributed by atoms with E-state index in [2.05, 4.69) is 18.3 Å². The fourth-order valence-corrected chi connectivity index (χ4v) is 3.35. The summed E-state index contributed by atoms with van der Waals surface area (Å²) in [5, 5.41) is 5.40. The zero-order valence-corrected chi connectivity index (χ0v) is 10.7. The van der Waals surface area contributed by atoms with Gasteiger partial charge in [0, 0.05) is 10.9 Å². The maximum absolute atomic E-state index is 12.0. The lowest BCUT2D eigenvalue weighted by atomic mass is 9.88. The van der Waals surface area contributed by atoms with Gasteiger partial charge in [0.1, 0.15) is 5.54 Å². The number of nitrogens with one attached hydrogen (secondary N) is 1. The number of thiophene rings is 1. The number of ether oxygens (including phenoxy) is 1. The molecule has 0 spiro atoms. The molecule has 2 heterocycles. The molecule has 0 aromatic carbocycles. The van der Waals surface area contributed by atoms with Crippen LogP contribution in [0.5, 0.6) is 0 Å². The van der Waals surface area contributed by atoms with Crippen molar-refractivity contribution in [3.63, 3.8) is 0 Å². The zero-order valence-electron chi connectivity index (χ0n) is 9.87. The van der Waals surface area contributed by atoms with Gasteiger partial charge in [0.15, 0.2) is 0 Å². The Balaban J connectivity index is 2.38. The van der Waals surface area contributed by atoms with Crippen LogP contribution in [0.25, 0.3) is 0 Å². The summed E-state index contributed by atoms with van der Waals surface area (Å²) in [5.74, 6) is -0.176. The third-order valence-corrected chi connectivity index (χ3v) is 4.12. The summed E-state index contributed by atoms with van der Waals surface area (Å²) >= 11 is 1.63. The van der Waals surface area contributed by atoms with Gasteiger partial charge in [0.05, 0.1) is 6.61 Å². The lowest BCUT2D eigenvalue weighted by Gasteiger charge is -2.36. The molecule has 0 bridgehead atoms. The standard InChI is InChI=1S/C12H17NO2S/c1-4-15-11(14)12(3)10-9(5-6-16-10)7-8(2)13-12/h5-6,8,13H,4,7H2,1-3H3/t8-,12-/m0/s1. The van der Waals surface area contributed by atoms with Gasteiger partial charge in [-0.1, -0.05) is 0 Å². The maximum Gasteiger partial charge on any atom is 0.331 e. The van der Waals surface area contributed by atoms with Crippen molar-refractivity contribution >= 4 is 17.3 Å². The third-order valence-electron chi connectivity index (χ3n) is 2.95. The van der Waals surface area contributed by atoms with Crippen molar-refractivity contribution in [1.82, 2.24) is 5.32 Å². The molecular formula is C12H17NO2S. The summed E-state index contributed by atoms with van der Waals surface area (Å²) in [5.41, 5.74) is 0.601. The second-order valence-electron chi connectivity index (χ2n) is 4.37. The van der Waals surface area contributed by atoms with E-state index in [-0.39, 0.29) is 5.97 Å². The van der Waals surface area contributed by atoms with E-state index in [4.69, 9.17) is 4.74 Å². The largest absolute Gasteiger partial charge is 0.464 e. The molecule has 4 heteroatoms. The molecule has 0 saturated heterocycles. The highest BCUT2D eigenvalue weighted by Gasteiger charge is 2.43. The fraction of sp³-hybridized carbons (Fsp3) is 0.583. The lowest BCUT2D eigenvalue weighted by molar-refractivity contribution is -0.151. The van der Waals surface area contributed by atoms with Gasteiger partial charge >= 0.3 is 5.97 Å². The average Bonchev–Trinajstić information content (AvgIpc) is 2.66. The number of carbonyl (C=O) groups is 1. The van der Waals surface area contributed by atoms with Gasteiger partial charge in [-0.2, -0.15) is 0 Å². The normalized spacial score (nSPS) is 28.6. The van der Waals surface area contributed by atoms with Crippen molar-refractivity contribution < 1.29 is 9.53 Å². The minimum atomic E-state index is -0.669. The summed E-state index contributed by atoms with van der Waals surface area (Å²) in [7, 11) is 0. The molecule has 0 amide bonds. The maximum atomic E-state index is 12.0. The molecule has 0 radical (unpaired) electrons.